The summed E-state index contributed by atoms with van der Waals surface area (Å²) < 4.78 is 33.3. The van der Waals surface area contributed by atoms with Gasteiger partial charge in [0.25, 0.3) is 0 Å². The van der Waals surface area contributed by atoms with Crippen molar-refractivity contribution in [1.82, 2.24) is 24.4 Å². The van der Waals surface area contributed by atoms with E-state index >= 15 is 0 Å². The van der Waals surface area contributed by atoms with Crippen LogP contribution >= 0.6 is 0 Å². The predicted octanol–water partition coefficient (Wildman–Crippen LogP) is 5.60. The highest BCUT2D eigenvalue weighted by Crippen LogP contribution is 2.31. The van der Waals surface area contributed by atoms with Crippen molar-refractivity contribution in [3.63, 3.8) is 0 Å². The van der Waals surface area contributed by atoms with Crippen LogP contribution < -0.4 is 5.32 Å². The number of nitrogens with zero attached hydrogens (tertiary/aromatic N) is 5. The number of hydrogen-bond acceptors (Lipinski definition) is 8. The average Bonchev–Trinajstić information content (AvgIpc) is 2.93. The van der Waals surface area contributed by atoms with Crippen LogP contribution in [0.3, 0.4) is 0 Å². The predicted molar refractivity (Wildman–Crippen MR) is 163 cm³/mol. The van der Waals surface area contributed by atoms with Gasteiger partial charge in [-0.25, -0.2) is 18.2 Å². The van der Waals surface area contributed by atoms with E-state index in [1.54, 1.807) is 45.0 Å². The number of hydrogen-bond donors (Lipinski definition) is 1. The topological polar surface area (TPSA) is 118 Å². The maximum atomic E-state index is 13.3. The lowest BCUT2D eigenvalue weighted by Gasteiger charge is -2.35. The molecule has 10 nitrogen and oxygen atoms in total. The summed E-state index contributed by atoms with van der Waals surface area (Å²) in [5.74, 6) is 0.319. The van der Waals surface area contributed by atoms with E-state index in [-0.39, 0.29) is 31.1 Å². The Morgan fingerprint density at radius 1 is 0.881 bits per heavy atom. The van der Waals surface area contributed by atoms with Gasteiger partial charge in [-0.15, -0.1) is 10.2 Å². The molecule has 0 bridgehead atoms. The Balaban J connectivity index is 1.28. The smallest absolute Gasteiger partial charge is 0.410 e. The highest BCUT2D eigenvalue weighted by atomic mass is 32.2. The number of aryl methyl sites for hydroxylation is 3. The van der Waals surface area contributed by atoms with Gasteiger partial charge in [0, 0.05) is 31.9 Å². The molecule has 0 radical (unpaired) electrons. The van der Waals surface area contributed by atoms with Crippen LogP contribution in [-0.4, -0.2) is 70.7 Å². The molecule has 0 spiro atoms. The third-order valence-corrected chi connectivity index (χ3v) is 9.07. The van der Waals surface area contributed by atoms with Crippen molar-refractivity contribution in [3.8, 4) is 11.1 Å². The van der Waals surface area contributed by atoms with Crippen LogP contribution in [-0.2, 0) is 14.8 Å². The number of carbonyl (C=O) groups is 1. The number of carbonyl (C=O) groups excluding carboxylic acids is 1. The van der Waals surface area contributed by atoms with E-state index in [4.69, 9.17) is 4.74 Å². The molecular formula is C31H36N6O4S. The number of nitrogens with one attached hydrogen (secondary N) is 1. The molecule has 0 aliphatic carbocycles. The molecule has 3 aromatic carbocycles. The quantitative estimate of drug-likeness (QED) is 0.320. The molecule has 1 aliphatic rings. The number of ether oxygens (including phenoxy) is 1. The number of aromatic nitrogens is 3. The minimum Gasteiger partial charge on any atom is -0.444 e. The van der Waals surface area contributed by atoms with Gasteiger partial charge >= 0.3 is 6.09 Å². The third kappa shape index (κ3) is 6.22. The molecule has 5 rings (SSSR count). The minimum absolute atomic E-state index is 0.172. The standard InChI is InChI=1S/C31H36N6O4S/c1-20-8-7-9-21(2)27(20)23-18-22(3)28-26(19-23)34-35-29(33-28)32-24-10-12-25(13-11-24)42(39,40)37-16-14-36(15-17-37)30(38)41-31(4,5)6/h7-13,18-19H,14-17H2,1-6H3,(H,32,33,35). The largest absolute Gasteiger partial charge is 0.444 e. The van der Waals surface area contributed by atoms with E-state index in [2.05, 4.69) is 58.6 Å². The lowest BCUT2D eigenvalue weighted by atomic mass is 9.94. The first kappa shape index (κ1) is 29.4. The first-order chi connectivity index (χ1) is 19.8. The fourth-order valence-electron chi connectivity index (χ4n) is 5.11. The Morgan fingerprint density at radius 3 is 2.14 bits per heavy atom. The van der Waals surface area contributed by atoms with Crippen molar-refractivity contribution in [1.29, 1.82) is 0 Å². The fourth-order valence-corrected chi connectivity index (χ4v) is 6.53. The number of anilines is 2. The second-order valence-corrected chi connectivity index (χ2v) is 13.5. The monoisotopic (exact) mass is 588 g/mol. The molecule has 0 unspecified atom stereocenters. The van der Waals surface area contributed by atoms with E-state index in [0.717, 1.165) is 16.6 Å². The van der Waals surface area contributed by atoms with E-state index in [1.807, 2.05) is 13.0 Å². The Labute approximate surface area is 246 Å². The summed E-state index contributed by atoms with van der Waals surface area (Å²) >= 11 is 0. The van der Waals surface area contributed by atoms with Crippen LogP contribution in [0.25, 0.3) is 22.2 Å². The number of rotatable bonds is 5. The second-order valence-electron chi connectivity index (χ2n) is 11.6. The fraction of sp³-hybridized carbons (Fsp3) is 0.355. The van der Waals surface area contributed by atoms with Crippen molar-refractivity contribution in [2.75, 3.05) is 31.5 Å². The third-order valence-electron chi connectivity index (χ3n) is 7.16. The molecule has 1 fully saturated rings. The normalized spacial score (nSPS) is 14.7. The van der Waals surface area contributed by atoms with Crippen molar-refractivity contribution < 1.29 is 17.9 Å². The molecule has 0 saturated carbocycles. The van der Waals surface area contributed by atoms with Gasteiger partial charge in [0.1, 0.15) is 11.1 Å². The molecule has 0 atom stereocenters. The molecular weight excluding hydrogens is 552 g/mol. The zero-order chi connectivity index (χ0) is 30.2. The molecule has 1 aliphatic heterocycles. The number of piperazine rings is 1. The van der Waals surface area contributed by atoms with Crippen LogP contribution in [0.5, 0.6) is 0 Å². The Kier molecular flexibility index (Phi) is 7.91. The number of sulfonamides is 1. The highest BCUT2D eigenvalue weighted by molar-refractivity contribution is 7.89. The van der Waals surface area contributed by atoms with Gasteiger partial charge in [0.2, 0.25) is 16.0 Å². The summed E-state index contributed by atoms with van der Waals surface area (Å²) in [6.45, 7) is 12.5. The summed E-state index contributed by atoms with van der Waals surface area (Å²) in [4.78, 5) is 18.7. The van der Waals surface area contributed by atoms with E-state index < -0.39 is 21.7 Å². The van der Waals surface area contributed by atoms with Crippen LogP contribution in [0.2, 0.25) is 0 Å². The summed E-state index contributed by atoms with van der Waals surface area (Å²) in [6.07, 6.45) is -0.433. The van der Waals surface area contributed by atoms with E-state index in [9.17, 15) is 13.2 Å². The molecule has 1 aromatic heterocycles. The summed E-state index contributed by atoms with van der Waals surface area (Å²) in [6, 6.07) is 16.8. The SMILES string of the molecule is Cc1cccc(C)c1-c1cc(C)c2nc(Nc3ccc(S(=O)(=O)N4CCN(C(=O)OC(C)(C)C)CC4)cc3)nnc2c1. The van der Waals surface area contributed by atoms with Gasteiger partial charge in [0.05, 0.1) is 10.4 Å². The van der Waals surface area contributed by atoms with Gasteiger partial charge in [-0.1, -0.05) is 18.2 Å². The van der Waals surface area contributed by atoms with E-state index in [0.29, 0.717) is 17.2 Å². The summed E-state index contributed by atoms with van der Waals surface area (Å²) in [7, 11) is -3.72. The molecule has 2 heterocycles. The highest BCUT2D eigenvalue weighted by Gasteiger charge is 2.32. The number of benzene rings is 3. The van der Waals surface area contributed by atoms with Crippen LogP contribution in [0.1, 0.15) is 37.5 Å². The molecule has 4 aromatic rings. The number of amides is 1. The Hall–Kier alpha value is -4.09. The molecule has 220 valence electrons. The Morgan fingerprint density at radius 2 is 1.52 bits per heavy atom. The van der Waals surface area contributed by atoms with E-state index in [1.165, 1.54) is 25.9 Å². The zero-order valence-electron chi connectivity index (χ0n) is 24.8. The molecule has 1 amide bonds. The maximum absolute atomic E-state index is 13.3. The Bertz CT molecular complexity index is 1720. The van der Waals surface area contributed by atoms with Crippen LogP contribution in [0, 0.1) is 20.8 Å². The van der Waals surface area contributed by atoms with Gasteiger partial charge < -0.3 is 15.0 Å². The second kappa shape index (κ2) is 11.3. The van der Waals surface area contributed by atoms with Crippen molar-refractivity contribution in [3.05, 3.63) is 71.3 Å². The molecule has 42 heavy (non-hydrogen) atoms. The lowest BCUT2D eigenvalue weighted by Crippen LogP contribution is -2.51. The first-order valence-corrected chi connectivity index (χ1v) is 15.3. The first-order valence-electron chi connectivity index (χ1n) is 13.9. The minimum atomic E-state index is -3.72. The van der Waals surface area contributed by atoms with Crippen LogP contribution in [0.4, 0.5) is 16.4 Å². The number of fused-ring (bicyclic) bond motifs is 1. The lowest BCUT2D eigenvalue weighted by molar-refractivity contribution is 0.0192. The summed E-state index contributed by atoms with van der Waals surface area (Å²) in [5, 5.41) is 11.8. The van der Waals surface area contributed by atoms with Gasteiger partial charge in [-0.2, -0.15) is 4.31 Å². The van der Waals surface area contributed by atoms with Crippen molar-refractivity contribution in [2.24, 2.45) is 0 Å². The van der Waals surface area contributed by atoms with Crippen molar-refractivity contribution in [2.45, 2.75) is 52.0 Å². The van der Waals surface area contributed by atoms with Crippen molar-refractivity contribution >= 4 is 38.8 Å². The van der Waals surface area contributed by atoms with Gasteiger partial charge in [-0.3, -0.25) is 0 Å². The average molecular weight is 589 g/mol. The molecule has 11 heteroatoms. The maximum Gasteiger partial charge on any atom is 0.410 e. The molecule has 1 saturated heterocycles. The molecule has 1 N–H and O–H groups in total. The van der Waals surface area contributed by atoms with Gasteiger partial charge in [0.15, 0.2) is 0 Å². The van der Waals surface area contributed by atoms with Crippen LogP contribution in [0.15, 0.2) is 59.5 Å². The summed E-state index contributed by atoms with van der Waals surface area (Å²) in [5.41, 5.74) is 7.11. The zero-order valence-corrected chi connectivity index (χ0v) is 25.6. The van der Waals surface area contributed by atoms with Gasteiger partial charge in [-0.05, 0) is 106 Å².